The second-order valence-electron chi connectivity index (χ2n) is 6.16. The maximum absolute atomic E-state index is 13.0. The third-order valence-corrected chi connectivity index (χ3v) is 7.30. The molecule has 0 bridgehead atoms. The monoisotopic (exact) mass is 373 g/mol. The average molecular weight is 374 g/mol. The Hall–Kier alpha value is -2.16. The number of halogens is 1. The van der Waals surface area contributed by atoms with E-state index in [0.717, 1.165) is 12.0 Å². The van der Waals surface area contributed by atoms with E-state index in [1.54, 1.807) is 12.1 Å². The van der Waals surface area contributed by atoms with Gasteiger partial charge < -0.3 is 4.79 Å². The smallest absolute Gasteiger partial charge is 0.183 e. The molecule has 1 aliphatic rings. The van der Waals surface area contributed by atoms with Gasteiger partial charge in [-0.25, -0.2) is 8.42 Å². The lowest BCUT2D eigenvalue weighted by Crippen LogP contribution is -2.16. The second kappa shape index (κ2) is 6.29. The van der Waals surface area contributed by atoms with Crippen molar-refractivity contribution >= 4 is 27.7 Å². The summed E-state index contributed by atoms with van der Waals surface area (Å²) in [4.78, 5) is 11.7. The molecule has 0 heterocycles. The number of benzene rings is 2. The Morgan fingerprint density at radius 2 is 1.76 bits per heavy atom. The molecule has 2 aromatic carbocycles. The Balaban J connectivity index is 2.05. The van der Waals surface area contributed by atoms with E-state index >= 15 is 0 Å². The Morgan fingerprint density at radius 1 is 1.16 bits per heavy atom. The van der Waals surface area contributed by atoms with Crippen molar-refractivity contribution in [1.29, 1.82) is 5.26 Å². The summed E-state index contributed by atoms with van der Waals surface area (Å²) in [5, 5.41) is 8.88. The van der Waals surface area contributed by atoms with Gasteiger partial charge in [-0.05, 0) is 41.8 Å². The number of nitriles is 1. The molecule has 0 spiro atoms. The molecular weight excluding hydrogens is 358 g/mol. The van der Waals surface area contributed by atoms with E-state index in [0.29, 0.717) is 16.9 Å². The normalized spacial score (nSPS) is 25.2. The first kappa shape index (κ1) is 17.7. The van der Waals surface area contributed by atoms with Crippen molar-refractivity contribution in [1.82, 2.24) is 0 Å². The Morgan fingerprint density at radius 3 is 2.24 bits per heavy atom. The fourth-order valence-electron chi connectivity index (χ4n) is 3.29. The van der Waals surface area contributed by atoms with Crippen LogP contribution in [0.1, 0.15) is 24.0 Å². The predicted molar refractivity (Wildman–Crippen MR) is 95.1 cm³/mol. The molecule has 0 aliphatic heterocycles. The number of aryl methyl sites for hydroxylation is 1. The van der Waals surface area contributed by atoms with Crippen LogP contribution in [-0.4, -0.2) is 20.0 Å². The topological polar surface area (TPSA) is 75.0 Å². The van der Waals surface area contributed by atoms with Crippen molar-refractivity contribution in [3.63, 3.8) is 0 Å². The molecule has 4 nitrogen and oxygen atoms in total. The number of hydrogen-bond donors (Lipinski definition) is 0. The summed E-state index contributed by atoms with van der Waals surface area (Å²) in [5.74, 6) is -0.665. The highest BCUT2D eigenvalue weighted by atomic mass is 35.5. The van der Waals surface area contributed by atoms with E-state index in [-0.39, 0.29) is 4.90 Å². The third-order valence-electron chi connectivity index (χ3n) is 4.79. The molecule has 0 unspecified atom stereocenters. The van der Waals surface area contributed by atoms with Gasteiger partial charge in [0, 0.05) is 10.9 Å². The molecule has 1 aliphatic carbocycles. The number of carbonyl (C=O) groups is 1. The van der Waals surface area contributed by atoms with Gasteiger partial charge in [0.15, 0.2) is 9.84 Å². The van der Waals surface area contributed by atoms with Crippen LogP contribution in [0.5, 0.6) is 0 Å². The quantitative estimate of drug-likeness (QED) is 0.751. The molecular formula is C19H16ClNO3S. The van der Waals surface area contributed by atoms with E-state index in [1.807, 2.05) is 25.1 Å². The SMILES string of the molecule is CCc1ccc([C@@H]2[C@@H](S(=O)(=O)c3ccc(Cl)cc3)[C@@]2(C#N)C=O)cc1. The summed E-state index contributed by atoms with van der Waals surface area (Å²) in [6.45, 7) is 2.02. The second-order valence-corrected chi connectivity index (χ2v) is 8.66. The minimum absolute atomic E-state index is 0.0658. The molecule has 0 aromatic heterocycles. The van der Waals surface area contributed by atoms with Crippen molar-refractivity contribution in [2.75, 3.05) is 0 Å². The van der Waals surface area contributed by atoms with Gasteiger partial charge in [-0.3, -0.25) is 0 Å². The van der Waals surface area contributed by atoms with Crippen molar-refractivity contribution in [2.24, 2.45) is 5.41 Å². The largest absolute Gasteiger partial charge is 0.302 e. The maximum atomic E-state index is 13.0. The summed E-state index contributed by atoms with van der Waals surface area (Å²) in [5.41, 5.74) is 0.246. The lowest BCUT2D eigenvalue weighted by Gasteiger charge is -2.05. The average Bonchev–Trinajstić information content (AvgIpc) is 3.33. The Labute approximate surface area is 152 Å². The highest BCUT2D eigenvalue weighted by Crippen LogP contribution is 2.62. The first-order valence-corrected chi connectivity index (χ1v) is 9.79. The van der Waals surface area contributed by atoms with Gasteiger partial charge in [0.05, 0.1) is 11.0 Å². The third kappa shape index (κ3) is 2.76. The fraction of sp³-hybridized carbons (Fsp3) is 0.263. The fourth-order valence-corrected chi connectivity index (χ4v) is 5.66. The van der Waals surface area contributed by atoms with Crippen LogP contribution in [0.2, 0.25) is 5.02 Å². The van der Waals surface area contributed by atoms with Crippen LogP contribution in [0.15, 0.2) is 53.4 Å². The molecule has 3 rings (SSSR count). The van der Waals surface area contributed by atoms with Gasteiger partial charge >= 0.3 is 0 Å². The number of carbonyl (C=O) groups excluding carboxylic acids is 1. The van der Waals surface area contributed by atoms with Crippen LogP contribution in [-0.2, 0) is 21.1 Å². The van der Waals surface area contributed by atoms with E-state index in [1.165, 1.54) is 24.3 Å². The van der Waals surface area contributed by atoms with E-state index in [2.05, 4.69) is 0 Å². The molecule has 2 aromatic rings. The molecule has 0 radical (unpaired) electrons. The Bertz CT molecular complexity index is 946. The highest BCUT2D eigenvalue weighted by molar-refractivity contribution is 7.92. The van der Waals surface area contributed by atoms with Crippen molar-refractivity contribution in [2.45, 2.75) is 29.4 Å². The number of hydrogen-bond acceptors (Lipinski definition) is 4. The van der Waals surface area contributed by atoms with E-state index in [9.17, 15) is 18.5 Å². The highest BCUT2D eigenvalue weighted by Gasteiger charge is 2.72. The molecule has 1 saturated carbocycles. The summed E-state index contributed by atoms with van der Waals surface area (Å²) in [6.07, 6.45) is 1.33. The maximum Gasteiger partial charge on any atom is 0.183 e. The summed E-state index contributed by atoms with van der Waals surface area (Å²) >= 11 is 5.82. The minimum atomic E-state index is -3.84. The zero-order valence-electron chi connectivity index (χ0n) is 13.5. The Kier molecular flexibility index (Phi) is 4.44. The first-order valence-electron chi connectivity index (χ1n) is 7.86. The summed E-state index contributed by atoms with van der Waals surface area (Å²) < 4.78 is 26.0. The standard InChI is InChI=1S/C19H16ClNO3S/c1-2-13-3-5-14(6-4-13)17-18(19(17,11-21)12-22)25(23,24)16-9-7-15(20)8-10-16/h3-10,12,17-18H,2H2,1H3/t17-,18-,19+/m1/s1. The van der Waals surface area contributed by atoms with Gasteiger partial charge in [0.1, 0.15) is 17.0 Å². The van der Waals surface area contributed by atoms with Gasteiger partial charge in [-0.1, -0.05) is 42.8 Å². The van der Waals surface area contributed by atoms with Gasteiger partial charge in [0.25, 0.3) is 0 Å². The van der Waals surface area contributed by atoms with Crippen LogP contribution in [0.4, 0.5) is 0 Å². The zero-order chi connectivity index (χ0) is 18.2. The summed E-state index contributed by atoms with van der Waals surface area (Å²) in [7, 11) is -3.84. The number of nitrogens with zero attached hydrogens (tertiary/aromatic N) is 1. The van der Waals surface area contributed by atoms with Crippen LogP contribution < -0.4 is 0 Å². The molecule has 0 amide bonds. The molecule has 6 heteroatoms. The van der Waals surface area contributed by atoms with Crippen molar-refractivity contribution in [3.05, 3.63) is 64.7 Å². The van der Waals surface area contributed by atoms with Crippen LogP contribution in [0.3, 0.4) is 0 Å². The molecule has 1 fully saturated rings. The molecule has 128 valence electrons. The lowest BCUT2D eigenvalue weighted by atomic mass is 10.0. The van der Waals surface area contributed by atoms with Crippen molar-refractivity contribution < 1.29 is 13.2 Å². The molecule has 25 heavy (non-hydrogen) atoms. The lowest BCUT2D eigenvalue weighted by molar-refractivity contribution is -0.110. The first-order chi connectivity index (χ1) is 11.9. The van der Waals surface area contributed by atoms with Gasteiger partial charge in [-0.15, -0.1) is 0 Å². The van der Waals surface area contributed by atoms with Crippen LogP contribution in [0.25, 0.3) is 0 Å². The molecule has 3 atom stereocenters. The number of aldehydes is 1. The van der Waals surface area contributed by atoms with E-state index in [4.69, 9.17) is 11.6 Å². The van der Waals surface area contributed by atoms with E-state index < -0.39 is 26.4 Å². The number of rotatable bonds is 5. The molecule has 0 saturated heterocycles. The molecule has 0 N–H and O–H groups in total. The zero-order valence-corrected chi connectivity index (χ0v) is 15.1. The van der Waals surface area contributed by atoms with Crippen molar-refractivity contribution in [3.8, 4) is 6.07 Å². The predicted octanol–water partition coefficient (Wildman–Crippen LogP) is 3.55. The van der Waals surface area contributed by atoms with Gasteiger partial charge in [0.2, 0.25) is 0 Å². The summed E-state index contributed by atoms with van der Waals surface area (Å²) in [6, 6.07) is 15.1. The van der Waals surface area contributed by atoms with Crippen LogP contribution >= 0.6 is 11.6 Å². The van der Waals surface area contributed by atoms with Crippen LogP contribution in [0, 0.1) is 16.7 Å². The van der Waals surface area contributed by atoms with Gasteiger partial charge in [-0.2, -0.15) is 5.26 Å². The number of sulfone groups is 1. The minimum Gasteiger partial charge on any atom is -0.302 e.